The van der Waals surface area contributed by atoms with E-state index in [4.69, 9.17) is 0 Å². The number of rotatable bonds is 2. The summed E-state index contributed by atoms with van der Waals surface area (Å²) >= 11 is 0. The molecule has 0 atom stereocenters. The zero-order valence-corrected chi connectivity index (χ0v) is 9.72. The van der Waals surface area contributed by atoms with Gasteiger partial charge in [0.2, 0.25) is 5.95 Å². The van der Waals surface area contributed by atoms with Crippen molar-refractivity contribution >= 4 is 5.95 Å². The molecule has 0 spiro atoms. The molecule has 2 aromatic heterocycles. The van der Waals surface area contributed by atoms with Crippen molar-refractivity contribution in [1.29, 1.82) is 0 Å². The fraction of sp³-hybridized carbons (Fsp3) is 0.500. The van der Waals surface area contributed by atoms with Crippen LogP contribution in [-0.2, 0) is 7.05 Å². The van der Waals surface area contributed by atoms with E-state index in [1.54, 1.807) is 10.9 Å². The number of aromatic nitrogens is 5. The second kappa shape index (κ2) is 4.17. The predicted molar refractivity (Wildman–Crippen MR) is 63.7 cm³/mol. The van der Waals surface area contributed by atoms with Gasteiger partial charge in [0.1, 0.15) is 5.69 Å². The van der Waals surface area contributed by atoms with Gasteiger partial charge < -0.3 is 10.2 Å². The summed E-state index contributed by atoms with van der Waals surface area (Å²) in [6.45, 7) is 3.86. The lowest BCUT2D eigenvalue weighted by Crippen LogP contribution is -2.44. The van der Waals surface area contributed by atoms with Crippen molar-refractivity contribution in [3.8, 4) is 11.5 Å². The lowest BCUT2D eigenvalue weighted by atomic mass is 10.4. The molecule has 2 aromatic rings. The first kappa shape index (κ1) is 10.3. The van der Waals surface area contributed by atoms with E-state index < -0.39 is 0 Å². The molecule has 7 nitrogen and oxygen atoms in total. The molecule has 1 aliphatic heterocycles. The number of aryl methyl sites for hydroxylation is 1. The third-order valence-corrected chi connectivity index (χ3v) is 2.94. The maximum atomic E-state index is 4.51. The van der Waals surface area contributed by atoms with E-state index in [2.05, 4.69) is 30.5 Å². The molecule has 0 aromatic carbocycles. The minimum Gasteiger partial charge on any atom is -0.337 e. The van der Waals surface area contributed by atoms with Gasteiger partial charge in [0.05, 0.1) is 0 Å². The summed E-state index contributed by atoms with van der Waals surface area (Å²) in [5, 5.41) is 14.6. The van der Waals surface area contributed by atoms with Crippen molar-refractivity contribution in [2.24, 2.45) is 7.05 Å². The number of nitrogens with one attached hydrogen (secondary N) is 2. The molecule has 1 saturated heterocycles. The molecular weight excluding hydrogens is 218 g/mol. The monoisotopic (exact) mass is 233 g/mol. The molecule has 0 saturated carbocycles. The number of nitrogens with zero attached hydrogens (tertiary/aromatic N) is 5. The van der Waals surface area contributed by atoms with Gasteiger partial charge in [-0.25, -0.2) is 0 Å². The number of anilines is 1. The quantitative estimate of drug-likeness (QED) is 0.739. The van der Waals surface area contributed by atoms with Gasteiger partial charge in [-0.15, -0.1) is 5.10 Å². The minimum atomic E-state index is 0.763. The first-order valence-corrected chi connectivity index (χ1v) is 5.71. The van der Waals surface area contributed by atoms with E-state index in [0.717, 1.165) is 43.6 Å². The van der Waals surface area contributed by atoms with Crippen LogP contribution in [0, 0.1) is 0 Å². The number of piperazine rings is 1. The molecule has 1 aliphatic rings. The lowest BCUT2D eigenvalue weighted by molar-refractivity contribution is 0.580. The van der Waals surface area contributed by atoms with Crippen molar-refractivity contribution in [1.82, 2.24) is 30.3 Å². The Balaban J connectivity index is 1.85. The molecule has 0 amide bonds. The number of hydrogen-bond donors (Lipinski definition) is 2. The van der Waals surface area contributed by atoms with Crippen LogP contribution in [-0.4, -0.2) is 51.1 Å². The highest BCUT2D eigenvalue weighted by atomic mass is 15.4. The number of aromatic amines is 1. The smallest absolute Gasteiger partial charge is 0.245 e. The molecule has 0 bridgehead atoms. The van der Waals surface area contributed by atoms with Crippen LogP contribution in [0.25, 0.3) is 11.5 Å². The molecule has 7 heteroatoms. The standard InChI is InChI=1S/C10H15N7/c1-16-8(2-3-12-16)9-13-10(15-14-9)17-6-4-11-5-7-17/h2-3,11H,4-7H2,1H3,(H,13,14,15). The second-order valence-corrected chi connectivity index (χ2v) is 4.06. The molecule has 0 unspecified atom stereocenters. The van der Waals surface area contributed by atoms with E-state index in [1.165, 1.54) is 0 Å². The van der Waals surface area contributed by atoms with Crippen LogP contribution in [0.2, 0.25) is 0 Å². The summed E-state index contributed by atoms with van der Waals surface area (Å²) in [7, 11) is 1.89. The maximum absolute atomic E-state index is 4.51. The summed E-state index contributed by atoms with van der Waals surface area (Å²) < 4.78 is 1.78. The van der Waals surface area contributed by atoms with Crippen LogP contribution in [0.4, 0.5) is 5.95 Å². The van der Waals surface area contributed by atoms with E-state index in [0.29, 0.717) is 0 Å². The van der Waals surface area contributed by atoms with E-state index in [1.807, 2.05) is 13.1 Å². The van der Waals surface area contributed by atoms with Crippen LogP contribution < -0.4 is 10.2 Å². The fourth-order valence-corrected chi connectivity index (χ4v) is 1.98. The number of hydrogen-bond acceptors (Lipinski definition) is 5. The Labute approximate surface area is 98.8 Å². The van der Waals surface area contributed by atoms with Gasteiger partial charge >= 0.3 is 0 Å². The van der Waals surface area contributed by atoms with Crippen molar-refractivity contribution in [2.45, 2.75) is 0 Å². The minimum absolute atomic E-state index is 0.763. The molecule has 17 heavy (non-hydrogen) atoms. The van der Waals surface area contributed by atoms with Crippen molar-refractivity contribution in [2.75, 3.05) is 31.1 Å². The Morgan fingerprint density at radius 3 is 2.82 bits per heavy atom. The average Bonchev–Trinajstić information content (AvgIpc) is 2.98. The molecule has 1 fully saturated rings. The van der Waals surface area contributed by atoms with Gasteiger partial charge in [-0.1, -0.05) is 0 Å². The summed E-state index contributed by atoms with van der Waals surface area (Å²) in [6.07, 6.45) is 1.75. The Bertz CT molecular complexity index is 494. The Morgan fingerprint density at radius 1 is 1.29 bits per heavy atom. The predicted octanol–water partition coefficient (Wildman–Crippen LogP) is -0.385. The summed E-state index contributed by atoms with van der Waals surface area (Å²) in [6, 6.07) is 1.92. The first-order chi connectivity index (χ1) is 8.34. The fourth-order valence-electron chi connectivity index (χ4n) is 1.98. The van der Waals surface area contributed by atoms with Crippen LogP contribution >= 0.6 is 0 Å². The van der Waals surface area contributed by atoms with Gasteiger partial charge in [0.15, 0.2) is 5.82 Å². The molecule has 2 N–H and O–H groups in total. The highest BCUT2D eigenvalue weighted by molar-refractivity contribution is 5.51. The zero-order valence-electron chi connectivity index (χ0n) is 9.72. The van der Waals surface area contributed by atoms with Crippen molar-refractivity contribution in [3.63, 3.8) is 0 Å². The summed E-state index contributed by atoms with van der Waals surface area (Å²) in [4.78, 5) is 6.68. The lowest BCUT2D eigenvalue weighted by Gasteiger charge is -2.25. The van der Waals surface area contributed by atoms with Crippen LogP contribution in [0.5, 0.6) is 0 Å². The van der Waals surface area contributed by atoms with Gasteiger partial charge in [-0.05, 0) is 6.07 Å². The molecule has 0 radical (unpaired) electrons. The Kier molecular flexibility index (Phi) is 2.52. The second-order valence-electron chi connectivity index (χ2n) is 4.06. The zero-order chi connectivity index (χ0) is 11.7. The van der Waals surface area contributed by atoms with Crippen LogP contribution in [0.15, 0.2) is 12.3 Å². The largest absolute Gasteiger partial charge is 0.337 e. The van der Waals surface area contributed by atoms with E-state index in [9.17, 15) is 0 Å². The summed E-state index contributed by atoms with van der Waals surface area (Å²) in [5.74, 6) is 1.53. The molecular formula is C10H15N7. The molecule has 0 aliphatic carbocycles. The topological polar surface area (TPSA) is 74.7 Å². The van der Waals surface area contributed by atoms with Gasteiger partial charge in [-0.2, -0.15) is 10.1 Å². The van der Waals surface area contributed by atoms with Gasteiger partial charge in [0, 0.05) is 39.4 Å². The average molecular weight is 233 g/mol. The normalized spacial score (nSPS) is 16.4. The third kappa shape index (κ3) is 1.89. The Morgan fingerprint density at radius 2 is 2.12 bits per heavy atom. The van der Waals surface area contributed by atoms with Gasteiger partial charge in [-0.3, -0.25) is 9.78 Å². The maximum Gasteiger partial charge on any atom is 0.245 e. The Hall–Kier alpha value is -1.89. The van der Waals surface area contributed by atoms with Crippen molar-refractivity contribution in [3.05, 3.63) is 12.3 Å². The third-order valence-electron chi connectivity index (χ3n) is 2.94. The summed E-state index contributed by atoms with van der Waals surface area (Å²) in [5.41, 5.74) is 0.943. The van der Waals surface area contributed by atoms with Crippen LogP contribution in [0.3, 0.4) is 0 Å². The van der Waals surface area contributed by atoms with Crippen molar-refractivity contribution < 1.29 is 0 Å². The highest BCUT2D eigenvalue weighted by Gasteiger charge is 2.16. The van der Waals surface area contributed by atoms with E-state index in [-0.39, 0.29) is 0 Å². The SMILES string of the molecule is Cn1nccc1-c1nc(N2CCNCC2)n[nH]1. The van der Waals surface area contributed by atoms with Crippen LogP contribution in [0.1, 0.15) is 0 Å². The molecule has 3 rings (SSSR count). The highest BCUT2D eigenvalue weighted by Crippen LogP contribution is 2.16. The van der Waals surface area contributed by atoms with Gasteiger partial charge in [0.25, 0.3) is 0 Å². The molecule has 90 valence electrons. The molecule has 3 heterocycles. The van der Waals surface area contributed by atoms with E-state index >= 15 is 0 Å². The number of H-pyrrole nitrogens is 1. The first-order valence-electron chi connectivity index (χ1n) is 5.71.